The smallest absolute Gasteiger partial charge is 0.243 e. The zero-order valence-corrected chi connectivity index (χ0v) is 27.4. The largest absolute Gasteiger partial charge is 0.454 e. The van der Waals surface area contributed by atoms with E-state index in [0.29, 0.717) is 37.7 Å². The molecule has 14 heteroatoms. The Kier molecular flexibility index (Phi) is 11.3. The number of hydrogen-bond acceptors (Lipinski definition) is 9. The molecule has 2 heterocycles. The van der Waals surface area contributed by atoms with E-state index in [1.165, 1.54) is 27.7 Å². The Morgan fingerprint density at radius 2 is 1.64 bits per heavy atom. The maximum atomic E-state index is 14.1. The number of hydrogen-bond donors (Lipinski definition) is 2. The summed E-state index contributed by atoms with van der Waals surface area (Å²) < 4.78 is 67.6. The fraction of sp³-hybridized carbons (Fsp3) is 0.567. The van der Waals surface area contributed by atoms with Crippen LogP contribution in [0, 0.1) is 11.8 Å². The summed E-state index contributed by atoms with van der Waals surface area (Å²) in [6.45, 7) is 7.14. The van der Waals surface area contributed by atoms with Crippen LogP contribution in [0.1, 0.15) is 26.3 Å². The summed E-state index contributed by atoms with van der Waals surface area (Å²) in [4.78, 5) is 15.1. The van der Waals surface area contributed by atoms with Crippen molar-refractivity contribution in [1.29, 1.82) is 0 Å². The number of nitrogens with zero attached hydrogens (tertiary/aromatic N) is 3. The number of fused-ring (bicyclic) bond motifs is 1. The van der Waals surface area contributed by atoms with Crippen LogP contribution >= 0.6 is 0 Å². The van der Waals surface area contributed by atoms with Crippen LogP contribution < -0.4 is 14.8 Å². The number of sulfonamides is 2. The number of ether oxygens (including phenoxy) is 2. The number of aliphatic hydroxyl groups excluding tert-OH is 1. The van der Waals surface area contributed by atoms with Crippen molar-refractivity contribution >= 4 is 26.0 Å². The Hall–Kier alpha value is -2.75. The number of carbonyl (C=O) groups is 1. The van der Waals surface area contributed by atoms with Gasteiger partial charge in [-0.25, -0.2) is 16.8 Å². The van der Waals surface area contributed by atoms with Crippen LogP contribution in [0.5, 0.6) is 11.5 Å². The molecule has 0 radical (unpaired) electrons. The van der Waals surface area contributed by atoms with Crippen molar-refractivity contribution in [3.63, 3.8) is 0 Å². The van der Waals surface area contributed by atoms with Gasteiger partial charge < -0.3 is 24.8 Å². The van der Waals surface area contributed by atoms with Gasteiger partial charge in [0.25, 0.3) is 0 Å². The molecule has 1 amide bonds. The Morgan fingerprint density at radius 1 is 0.977 bits per heavy atom. The Balaban J connectivity index is 1.53. The molecule has 0 spiro atoms. The molecule has 2 aromatic carbocycles. The van der Waals surface area contributed by atoms with E-state index in [4.69, 9.17) is 9.47 Å². The van der Waals surface area contributed by atoms with Crippen molar-refractivity contribution in [2.24, 2.45) is 11.8 Å². The normalized spacial score (nSPS) is 18.3. The van der Waals surface area contributed by atoms with Gasteiger partial charge in [-0.2, -0.15) is 8.61 Å². The zero-order chi connectivity index (χ0) is 32.1. The van der Waals surface area contributed by atoms with E-state index >= 15 is 0 Å². The molecule has 1 fully saturated rings. The number of benzene rings is 2. The summed E-state index contributed by atoms with van der Waals surface area (Å²) in [6, 6.07) is 12.7. The standard InChI is InChI=1S/C30H44N4O8S2/c1-22(2)19-34(44(39,40)25-10-11-28-29(17-25)42-21-41-28)26(16-24-8-6-5-7-9-24)27(35)18-31-30(36)23(3)20-43(37,38)33-14-12-32(4)13-15-33/h5-11,17,22-23,26-27,35H,12-16,18-21H2,1-4H3,(H,31,36)/t23-,26?,27+/m0/s1. The SMILES string of the molecule is CC(C)CN(C(Cc1ccccc1)[C@H](O)CNC(=O)[C@@H](C)CS(=O)(=O)N1CCN(C)CC1)S(=O)(=O)c1ccc2c(c1)OCO2. The van der Waals surface area contributed by atoms with Gasteiger partial charge in [0, 0.05) is 45.3 Å². The average molecular weight is 653 g/mol. The number of aliphatic hydroxyl groups is 1. The van der Waals surface area contributed by atoms with Gasteiger partial charge >= 0.3 is 0 Å². The molecule has 44 heavy (non-hydrogen) atoms. The van der Waals surface area contributed by atoms with Gasteiger partial charge in [-0.1, -0.05) is 51.1 Å². The van der Waals surface area contributed by atoms with Crippen molar-refractivity contribution < 1.29 is 36.2 Å². The van der Waals surface area contributed by atoms with E-state index in [1.54, 1.807) is 6.07 Å². The lowest BCUT2D eigenvalue weighted by atomic mass is 10.00. The minimum atomic E-state index is -4.14. The number of rotatable bonds is 14. The molecule has 244 valence electrons. The first-order valence-corrected chi connectivity index (χ1v) is 17.9. The van der Waals surface area contributed by atoms with Gasteiger partial charge in [0.2, 0.25) is 32.7 Å². The summed E-state index contributed by atoms with van der Waals surface area (Å²) in [5, 5.41) is 14.2. The van der Waals surface area contributed by atoms with Crippen LogP contribution in [-0.4, -0.2) is 112 Å². The van der Waals surface area contributed by atoms with Crippen molar-refractivity contribution in [1.82, 2.24) is 18.8 Å². The van der Waals surface area contributed by atoms with Gasteiger partial charge in [0.1, 0.15) is 0 Å². The van der Waals surface area contributed by atoms with Gasteiger partial charge in [0.15, 0.2) is 11.5 Å². The second kappa shape index (κ2) is 14.6. The molecule has 0 aromatic heterocycles. The van der Waals surface area contributed by atoms with Crippen LogP contribution in [-0.2, 0) is 31.3 Å². The number of piperazine rings is 1. The third-order valence-electron chi connectivity index (χ3n) is 7.85. The lowest BCUT2D eigenvalue weighted by Crippen LogP contribution is -2.53. The van der Waals surface area contributed by atoms with Crippen molar-refractivity contribution in [2.45, 2.75) is 44.2 Å². The monoisotopic (exact) mass is 652 g/mol. The average Bonchev–Trinajstić information content (AvgIpc) is 3.46. The van der Waals surface area contributed by atoms with Gasteiger partial charge in [-0.15, -0.1) is 0 Å². The van der Waals surface area contributed by atoms with Gasteiger partial charge in [0.05, 0.1) is 28.7 Å². The molecular weight excluding hydrogens is 608 g/mol. The van der Waals surface area contributed by atoms with Crippen molar-refractivity contribution in [3.8, 4) is 11.5 Å². The van der Waals surface area contributed by atoms with E-state index in [9.17, 15) is 26.7 Å². The van der Waals surface area contributed by atoms with Crippen LogP contribution in [0.4, 0.5) is 0 Å². The van der Waals surface area contributed by atoms with Crippen molar-refractivity contribution in [3.05, 3.63) is 54.1 Å². The first-order chi connectivity index (χ1) is 20.8. The summed E-state index contributed by atoms with van der Waals surface area (Å²) in [6.07, 6.45) is -1.12. The molecule has 0 aliphatic carbocycles. The van der Waals surface area contributed by atoms with Crippen LogP contribution in [0.3, 0.4) is 0 Å². The van der Waals surface area contributed by atoms with E-state index in [-0.39, 0.29) is 42.9 Å². The zero-order valence-electron chi connectivity index (χ0n) is 25.8. The predicted molar refractivity (Wildman–Crippen MR) is 166 cm³/mol. The summed E-state index contributed by atoms with van der Waals surface area (Å²) in [5.74, 6) is -1.07. The van der Waals surface area contributed by atoms with Crippen LogP contribution in [0.15, 0.2) is 53.4 Å². The summed E-state index contributed by atoms with van der Waals surface area (Å²) >= 11 is 0. The van der Waals surface area contributed by atoms with E-state index in [0.717, 1.165) is 5.56 Å². The molecule has 2 aliphatic heterocycles. The molecular formula is C30H44N4O8S2. The summed E-state index contributed by atoms with van der Waals surface area (Å²) in [5.41, 5.74) is 0.809. The fourth-order valence-corrected chi connectivity index (χ4v) is 8.85. The molecule has 2 aromatic rings. The molecule has 4 rings (SSSR count). The minimum Gasteiger partial charge on any atom is -0.454 e. The third kappa shape index (κ3) is 8.49. The third-order valence-corrected chi connectivity index (χ3v) is 11.8. The predicted octanol–water partition coefficient (Wildman–Crippen LogP) is 1.36. The van der Waals surface area contributed by atoms with Crippen LogP contribution in [0.2, 0.25) is 0 Å². The number of likely N-dealkylation sites (N-methyl/N-ethyl adjacent to an activating group) is 1. The quantitative estimate of drug-likeness (QED) is 0.309. The minimum absolute atomic E-state index is 0.000525. The van der Waals surface area contributed by atoms with Gasteiger partial charge in [-0.3, -0.25) is 4.79 Å². The first kappa shape index (κ1) is 34.1. The molecule has 1 unspecified atom stereocenters. The molecule has 12 nitrogen and oxygen atoms in total. The highest BCUT2D eigenvalue weighted by atomic mass is 32.2. The maximum Gasteiger partial charge on any atom is 0.243 e. The van der Waals surface area contributed by atoms with Gasteiger partial charge in [-0.05, 0) is 37.1 Å². The van der Waals surface area contributed by atoms with E-state index in [2.05, 4.69) is 5.32 Å². The summed E-state index contributed by atoms with van der Waals surface area (Å²) in [7, 11) is -5.86. The van der Waals surface area contributed by atoms with Crippen molar-refractivity contribution in [2.75, 3.05) is 58.9 Å². The second-order valence-corrected chi connectivity index (χ2v) is 15.8. The van der Waals surface area contributed by atoms with E-state index < -0.39 is 44.0 Å². The Bertz CT molecular complexity index is 1480. The maximum absolute atomic E-state index is 14.1. The molecule has 3 atom stereocenters. The molecule has 2 aliphatic rings. The van der Waals surface area contributed by atoms with Crippen LogP contribution in [0.25, 0.3) is 0 Å². The highest BCUT2D eigenvalue weighted by molar-refractivity contribution is 7.89. The number of nitrogens with one attached hydrogen (secondary N) is 1. The highest BCUT2D eigenvalue weighted by Gasteiger charge is 2.38. The topological polar surface area (TPSA) is 146 Å². The highest BCUT2D eigenvalue weighted by Crippen LogP contribution is 2.35. The lowest BCUT2D eigenvalue weighted by molar-refractivity contribution is -0.124. The lowest BCUT2D eigenvalue weighted by Gasteiger charge is -2.35. The Morgan fingerprint density at radius 3 is 2.30 bits per heavy atom. The molecule has 1 saturated heterocycles. The fourth-order valence-electron chi connectivity index (χ4n) is 5.31. The molecule has 0 saturated carbocycles. The molecule has 0 bridgehead atoms. The van der Waals surface area contributed by atoms with E-state index in [1.807, 2.05) is 56.1 Å². The molecule has 2 N–H and O–H groups in total. The number of amides is 1. The first-order valence-electron chi connectivity index (χ1n) is 14.9. The second-order valence-electron chi connectivity index (χ2n) is 11.9. The number of carbonyl (C=O) groups excluding carboxylic acids is 1. The Labute approximate surface area is 261 Å².